The fraction of sp³-hybridized carbons (Fsp3) is 0.974. The number of hydrogen-bond donors (Lipinski definition) is 6. The van der Waals surface area contributed by atoms with Crippen LogP contribution in [0.2, 0.25) is 0 Å². The third-order valence-electron chi connectivity index (χ3n) is 12.2. The molecule has 0 unspecified atom stereocenters. The highest BCUT2D eigenvalue weighted by molar-refractivity contribution is 5.73. The van der Waals surface area contributed by atoms with Crippen LogP contribution in [0.25, 0.3) is 0 Å². The van der Waals surface area contributed by atoms with Crippen molar-refractivity contribution in [2.75, 3.05) is 20.6 Å². The predicted octanol–water partition coefficient (Wildman–Crippen LogP) is 2.57. The lowest BCUT2D eigenvalue weighted by Crippen LogP contribution is -2.60. The average Bonchev–Trinajstić information content (AvgIpc) is 3.05. The summed E-state index contributed by atoms with van der Waals surface area (Å²) >= 11 is 0. The summed E-state index contributed by atoms with van der Waals surface area (Å²) in [6.07, 6.45) is -6.65. The minimum Gasteiger partial charge on any atom is -0.459 e. The quantitative estimate of drug-likeness (QED) is 0.211. The van der Waals surface area contributed by atoms with E-state index >= 15 is 0 Å². The Hall–Kier alpha value is -0.970. The van der Waals surface area contributed by atoms with Crippen LogP contribution in [0.3, 0.4) is 0 Å². The Morgan fingerprint density at radius 2 is 1.55 bits per heavy atom. The zero-order valence-corrected chi connectivity index (χ0v) is 33.5. The van der Waals surface area contributed by atoms with Crippen molar-refractivity contribution in [1.82, 2.24) is 10.2 Å². The number of nitrogens with one attached hydrogen (secondary N) is 1. The Morgan fingerprint density at radius 1 is 0.922 bits per heavy atom. The number of aliphatic hydroxyl groups excluding tert-OH is 3. The molecule has 3 rings (SSSR count). The highest BCUT2D eigenvalue weighted by Crippen LogP contribution is 2.42. The molecule has 18 atom stereocenters. The van der Waals surface area contributed by atoms with E-state index in [9.17, 15) is 30.3 Å². The summed E-state index contributed by atoms with van der Waals surface area (Å²) in [6, 6.07) is -0.538. The molecular formula is C38H72N2O11. The topological polar surface area (TPSA) is 180 Å². The third-order valence-corrected chi connectivity index (χ3v) is 12.2. The molecule has 0 aromatic carbocycles. The van der Waals surface area contributed by atoms with Crippen LogP contribution in [0.15, 0.2) is 0 Å². The molecule has 0 amide bonds. The van der Waals surface area contributed by atoms with Gasteiger partial charge in [0, 0.05) is 36.4 Å². The molecule has 3 aliphatic rings. The fourth-order valence-corrected chi connectivity index (χ4v) is 8.62. The van der Waals surface area contributed by atoms with Gasteiger partial charge in [-0.25, -0.2) is 0 Å². The highest BCUT2D eigenvalue weighted by atomic mass is 16.7. The van der Waals surface area contributed by atoms with Crippen molar-refractivity contribution in [3.63, 3.8) is 0 Å². The van der Waals surface area contributed by atoms with Crippen molar-refractivity contribution in [2.45, 2.75) is 193 Å². The van der Waals surface area contributed by atoms with E-state index in [-0.39, 0.29) is 31.0 Å². The van der Waals surface area contributed by atoms with Crippen molar-refractivity contribution >= 4 is 5.97 Å². The Morgan fingerprint density at radius 3 is 2.12 bits per heavy atom. The van der Waals surface area contributed by atoms with Gasteiger partial charge in [-0.2, -0.15) is 0 Å². The van der Waals surface area contributed by atoms with Crippen LogP contribution in [-0.2, 0) is 28.5 Å². The smallest absolute Gasteiger partial charge is 0.311 e. The summed E-state index contributed by atoms with van der Waals surface area (Å²) in [7, 11) is 3.78. The summed E-state index contributed by atoms with van der Waals surface area (Å²) in [5, 5.41) is 61.3. The lowest BCUT2D eigenvalue weighted by Gasteiger charge is -2.49. The van der Waals surface area contributed by atoms with Gasteiger partial charge in [0.1, 0.15) is 17.8 Å². The number of cyclic esters (lactones) is 1. The number of aliphatic hydroxyl groups is 5. The van der Waals surface area contributed by atoms with Crippen LogP contribution >= 0.6 is 0 Å². The monoisotopic (exact) mass is 733 g/mol. The molecule has 51 heavy (non-hydrogen) atoms. The summed E-state index contributed by atoms with van der Waals surface area (Å²) in [5.41, 5.74) is -3.83. The fourth-order valence-electron chi connectivity index (χ4n) is 8.62. The third kappa shape index (κ3) is 10.2. The van der Waals surface area contributed by atoms with E-state index < -0.39 is 95.6 Å². The molecule has 0 aromatic heterocycles. The Kier molecular flexibility index (Phi) is 15.4. The lowest BCUT2D eigenvalue weighted by molar-refractivity contribution is -0.312. The number of hydrogen-bond acceptors (Lipinski definition) is 13. The second kappa shape index (κ2) is 17.7. The number of carbonyl (C=O) groups excluding carboxylic acids is 1. The normalized spacial score (nSPS) is 49.9. The highest BCUT2D eigenvalue weighted by Gasteiger charge is 2.52. The lowest BCUT2D eigenvalue weighted by atomic mass is 9.74. The zero-order chi connectivity index (χ0) is 38.8. The average molecular weight is 733 g/mol. The standard InChI is InChI=1S/C38H72N2O11/c1-14-27-38(11,46)31(42)20(3)19-39-21(4)17-37(10,45)33(51-35-29(41)26(40(12)13)16-22(5)47-35)23(6)30(24(7)34(44)49-27)50-28-18-36(9,15-2)32(43)25(8)48-28/h20-33,35,39,41-43,45-46H,14-19H2,1-13H3/t20-,21+,22+,23-,24+,25-,26-,27+,28-,29+,30-,31+,32-,33+,35-,36+,37+,38+/m0/s1. The maximum atomic E-state index is 14.2. The number of carbonyl (C=O) groups is 1. The van der Waals surface area contributed by atoms with E-state index in [0.717, 1.165) is 0 Å². The van der Waals surface area contributed by atoms with Crippen molar-refractivity contribution in [3.8, 4) is 0 Å². The number of rotatable bonds is 7. The van der Waals surface area contributed by atoms with E-state index in [1.807, 2.05) is 53.6 Å². The van der Waals surface area contributed by atoms with E-state index in [1.54, 1.807) is 34.6 Å². The maximum absolute atomic E-state index is 14.2. The van der Waals surface area contributed by atoms with Gasteiger partial charge in [0.05, 0.1) is 48.1 Å². The van der Waals surface area contributed by atoms with Gasteiger partial charge in [0.2, 0.25) is 0 Å². The summed E-state index contributed by atoms with van der Waals surface area (Å²) in [4.78, 5) is 16.1. The Labute approximate surface area is 306 Å². The van der Waals surface area contributed by atoms with Gasteiger partial charge >= 0.3 is 5.97 Å². The van der Waals surface area contributed by atoms with Crippen molar-refractivity contribution in [3.05, 3.63) is 0 Å². The van der Waals surface area contributed by atoms with Crippen LogP contribution in [0.4, 0.5) is 0 Å². The predicted molar refractivity (Wildman–Crippen MR) is 193 cm³/mol. The first kappa shape index (κ1) is 44.4. The second-order valence-electron chi connectivity index (χ2n) is 17.2. The molecule has 3 heterocycles. The molecule has 0 radical (unpaired) electrons. The van der Waals surface area contributed by atoms with E-state index in [0.29, 0.717) is 25.8 Å². The molecule has 3 fully saturated rings. The molecule has 0 aromatic rings. The Bertz CT molecular complexity index is 1110. The maximum Gasteiger partial charge on any atom is 0.311 e. The Balaban J connectivity index is 2.15. The van der Waals surface area contributed by atoms with Gasteiger partial charge in [-0.1, -0.05) is 34.6 Å². The SMILES string of the molecule is CC[C@H]1OC(=O)[C@H](C)[C@@H](O[C@H]2C[C@@](C)(CC)[C@@H](O)[C@H](C)O2)[C@H](C)[C@@H](O[C@@H]2O[C@H](C)C[C@H](N(C)C)[C@H]2O)[C@](C)(O)C[C@@H](C)NC[C@H](C)[C@@H](O)[C@]1(C)O. The molecular weight excluding hydrogens is 660 g/mol. The van der Waals surface area contributed by atoms with Gasteiger partial charge < -0.3 is 59.4 Å². The second-order valence-corrected chi connectivity index (χ2v) is 17.2. The van der Waals surface area contributed by atoms with E-state index in [4.69, 9.17) is 23.7 Å². The van der Waals surface area contributed by atoms with Gasteiger partial charge in [0.25, 0.3) is 0 Å². The van der Waals surface area contributed by atoms with Crippen LogP contribution in [0, 0.1) is 23.2 Å². The van der Waals surface area contributed by atoms with Gasteiger partial charge in [-0.05, 0) is 87.2 Å². The number of nitrogens with zero attached hydrogens (tertiary/aromatic N) is 1. The molecule has 300 valence electrons. The molecule has 13 nitrogen and oxygen atoms in total. The van der Waals surface area contributed by atoms with Crippen LogP contribution in [0.1, 0.15) is 108 Å². The summed E-state index contributed by atoms with van der Waals surface area (Å²) < 4.78 is 31.9. The van der Waals surface area contributed by atoms with Crippen molar-refractivity contribution in [1.29, 1.82) is 0 Å². The zero-order valence-electron chi connectivity index (χ0n) is 33.5. The molecule has 0 saturated carbocycles. The molecule has 3 aliphatic heterocycles. The van der Waals surface area contributed by atoms with Crippen molar-refractivity contribution < 1.29 is 54.0 Å². The largest absolute Gasteiger partial charge is 0.459 e. The van der Waals surface area contributed by atoms with Gasteiger partial charge in [-0.3, -0.25) is 4.79 Å². The number of esters is 1. The minimum absolute atomic E-state index is 0.191. The first-order valence-corrected chi connectivity index (χ1v) is 19.2. The van der Waals surface area contributed by atoms with Gasteiger partial charge in [-0.15, -0.1) is 0 Å². The minimum atomic E-state index is -1.76. The first-order valence-electron chi connectivity index (χ1n) is 19.2. The summed E-state index contributed by atoms with van der Waals surface area (Å²) in [5.74, 6) is -2.77. The molecule has 0 bridgehead atoms. The molecule has 13 heteroatoms. The number of likely N-dealkylation sites (N-methyl/N-ethyl adjacent to an activating group) is 1. The molecule has 6 N–H and O–H groups in total. The molecule has 0 spiro atoms. The van der Waals surface area contributed by atoms with Crippen LogP contribution < -0.4 is 5.32 Å². The molecule has 0 aliphatic carbocycles. The van der Waals surface area contributed by atoms with E-state index in [1.165, 1.54) is 6.92 Å². The summed E-state index contributed by atoms with van der Waals surface area (Å²) in [6.45, 7) is 20.2. The number of ether oxygens (including phenoxy) is 5. The van der Waals surface area contributed by atoms with Crippen molar-refractivity contribution in [2.24, 2.45) is 23.2 Å². The first-order chi connectivity index (χ1) is 23.5. The van der Waals surface area contributed by atoms with Gasteiger partial charge in [0.15, 0.2) is 12.6 Å². The van der Waals surface area contributed by atoms with Crippen LogP contribution in [-0.4, -0.2) is 142 Å². The van der Waals surface area contributed by atoms with E-state index in [2.05, 4.69) is 5.32 Å². The van der Waals surface area contributed by atoms with Crippen LogP contribution in [0.5, 0.6) is 0 Å². The molecule has 3 saturated heterocycles.